The predicted molar refractivity (Wildman–Crippen MR) is 59.4 cm³/mol. The molecule has 82 valence electrons. The summed E-state index contributed by atoms with van der Waals surface area (Å²) in [6, 6.07) is 10.1. The van der Waals surface area contributed by atoms with Gasteiger partial charge in [0.15, 0.2) is 0 Å². The number of carbonyl (C=O) groups is 1. The first-order valence-corrected chi connectivity index (χ1v) is 5.13. The molecular weight excluding hydrogens is 190 g/mol. The van der Waals surface area contributed by atoms with Crippen LogP contribution >= 0.6 is 0 Å². The van der Waals surface area contributed by atoms with Gasteiger partial charge in [0, 0.05) is 13.5 Å². The highest BCUT2D eigenvalue weighted by atomic mass is 16.5. The van der Waals surface area contributed by atoms with E-state index in [2.05, 4.69) is 12.1 Å². The molecule has 15 heavy (non-hydrogen) atoms. The van der Waals surface area contributed by atoms with Gasteiger partial charge in [-0.3, -0.25) is 4.79 Å². The number of hydrogen-bond acceptors (Lipinski definition) is 3. The van der Waals surface area contributed by atoms with Crippen molar-refractivity contribution in [2.24, 2.45) is 5.73 Å². The quantitative estimate of drug-likeness (QED) is 0.744. The predicted octanol–water partition coefficient (Wildman–Crippen LogP) is 1.51. The van der Waals surface area contributed by atoms with E-state index in [1.54, 1.807) is 0 Å². The molecule has 0 unspecified atom stereocenters. The molecule has 0 bridgehead atoms. The maximum Gasteiger partial charge on any atom is 0.302 e. The number of carbonyl (C=O) groups excluding carboxylic acids is 1. The third-order valence-corrected chi connectivity index (χ3v) is 2.19. The van der Waals surface area contributed by atoms with E-state index in [0.29, 0.717) is 6.54 Å². The number of aryl methyl sites for hydroxylation is 1. The number of ether oxygens (including phenoxy) is 1. The second kappa shape index (κ2) is 6.19. The molecule has 2 N–H and O–H groups in total. The summed E-state index contributed by atoms with van der Waals surface area (Å²) in [7, 11) is 0. The topological polar surface area (TPSA) is 52.3 Å². The maximum atomic E-state index is 10.7. The fourth-order valence-corrected chi connectivity index (χ4v) is 1.43. The molecule has 0 aromatic heterocycles. The number of benzene rings is 1. The summed E-state index contributed by atoms with van der Waals surface area (Å²) in [4.78, 5) is 10.7. The van der Waals surface area contributed by atoms with E-state index >= 15 is 0 Å². The first-order chi connectivity index (χ1) is 7.22. The van der Waals surface area contributed by atoms with Gasteiger partial charge in [0.25, 0.3) is 0 Å². The third-order valence-electron chi connectivity index (χ3n) is 2.19. The molecule has 1 aromatic rings. The molecule has 3 heteroatoms. The normalized spacial score (nSPS) is 12.1. The van der Waals surface area contributed by atoms with Gasteiger partial charge in [-0.2, -0.15) is 0 Å². The monoisotopic (exact) mass is 207 g/mol. The fraction of sp³-hybridized carbons (Fsp3) is 0.417. The van der Waals surface area contributed by atoms with E-state index in [1.807, 2.05) is 18.2 Å². The van der Waals surface area contributed by atoms with E-state index in [4.69, 9.17) is 10.5 Å². The summed E-state index contributed by atoms with van der Waals surface area (Å²) < 4.78 is 5.06. The lowest BCUT2D eigenvalue weighted by molar-refractivity contribution is -0.146. The molecule has 1 rings (SSSR count). The Morgan fingerprint density at radius 2 is 2.07 bits per heavy atom. The van der Waals surface area contributed by atoms with Crippen LogP contribution in [0.5, 0.6) is 0 Å². The Kier molecular flexibility index (Phi) is 4.84. The van der Waals surface area contributed by atoms with E-state index in [9.17, 15) is 4.79 Å². The van der Waals surface area contributed by atoms with Crippen LogP contribution in [0.1, 0.15) is 18.9 Å². The van der Waals surface area contributed by atoms with E-state index in [1.165, 1.54) is 12.5 Å². The zero-order chi connectivity index (χ0) is 11.1. The molecule has 0 fully saturated rings. The minimum absolute atomic E-state index is 0.164. The van der Waals surface area contributed by atoms with Crippen LogP contribution < -0.4 is 5.73 Å². The highest BCUT2D eigenvalue weighted by Crippen LogP contribution is 2.06. The lowest BCUT2D eigenvalue weighted by Crippen LogP contribution is -2.26. The summed E-state index contributed by atoms with van der Waals surface area (Å²) >= 11 is 0. The zero-order valence-corrected chi connectivity index (χ0v) is 8.98. The van der Waals surface area contributed by atoms with Crippen molar-refractivity contribution in [3.8, 4) is 0 Å². The number of esters is 1. The van der Waals surface area contributed by atoms with Crippen molar-refractivity contribution in [3.05, 3.63) is 35.9 Å². The summed E-state index contributed by atoms with van der Waals surface area (Å²) in [5, 5.41) is 0. The van der Waals surface area contributed by atoms with Crippen LogP contribution in [-0.2, 0) is 16.0 Å². The maximum absolute atomic E-state index is 10.7. The number of rotatable bonds is 5. The Morgan fingerprint density at radius 3 is 2.60 bits per heavy atom. The summed E-state index contributed by atoms with van der Waals surface area (Å²) in [5.41, 5.74) is 6.75. The lowest BCUT2D eigenvalue weighted by Gasteiger charge is -2.14. The Labute approximate surface area is 90.2 Å². The molecule has 0 amide bonds. The van der Waals surface area contributed by atoms with Crippen LogP contribution in [0, 0.1) is 0 Å². The molecule has 0 saturated carbocycles. The Morgan fingerprint density at radius 1 is 1.40 bits per heavy atom. The molecule has 0 aliphatic heterocycles. The first-order valence-electron chi connectivity index (χ1n) is 5.13. The summed E-state index contributed by atoms with van der Waals surface area (Å²) in [5.74, 6) is -0.265. The van der Waals surface area contributed by atoms with Crippen LogP contribution in [-0.4, -0.2) is 18.6 Å². The molecule has 0 radical (unpaired) electrons. The highest BCUT2D eigenvalue weighted by molar-refractivity contribution is 5.66. The molecule has 0 aliphatic rings. The number of nitrogens with two attached hydrogens (primary N) is 1. The van der Waals surface area contributed by atoms with Crippen molar-refractivity contribution in [3.63, 3.8) is 0 Å². The van der Waals surface area contributed by atoms with E-state index < -0.39 is 0 Å². The Hall–Kier alpha value is -1.35. The molecule has 0 saturated heterocycles. The van der Waals surface area contributed by atoms with Crippen LogP contribution in [0.3, 0.4) is 0 Å². The highest BCUT2D eigenvalue weighted by Gasteiger charge is 2.09. The third kappa shape index (κ3) is 4.61. The molecule has 0 spiro atoms. The van der Waals surface area contributed by atoms with Crippen molar-refractivity contribution < 1.29 is 9.53 Å². The van der Waals surface area contributed by atoms with Gasteiger partial charge in [0.05, 0.1) is 0 Å². The largest absolute Gasteiger partial charge is 0.461 e. The minimum Gasteiger partial charge on any atom is -0.461 e. The lowest BCUT2D eigenvalue weighted by atomic mass is 10.1. The van der Waals surface area contributed by atoms with Crippen molar-refractivity contribution in [2.45, 2.75) is 25.9 Å². The average Bonchev–Trinajstić information content (AvgIpc) is 2.25. The first kappa shape index (κ1) is 11.7. The summed E-state index contributed by atoms with van der Waals surface area (Å²) in [6.45, 7) is 1.79. The van der Waals surface area contributed by atoms with Gasteiger partial charge in [0.2, 0.25) is 0 Å². The van der Waals surface area contributed by atoms with Crippen LogP contribution in [0.25, 0.3) is 0 Å². The van der Waals surface area contributed by atoms with Gasteiger partial charge in [-0.1, -0.05) is 30.3 Å². The smallest absolute Gasteiger partial charge is 0.302 e. The SMILES string of the molecule is CC(=O)O[C@@H](CN)CCc1ccccc1. The van der Waals surface area contributed by atoms with E-state index in [0.717, 1.165) is 12.8 Å². The summed E-state index contributed by atoms with van der Waals surface area (Å²) in [6.07, 6.45) is 1.50. The molecule has 3 nitrogen and oxygen atoms in total. The van der Waals surface area contributed by atoms with Crippen molar-refractivity contribution in [2.75, 3.05) is 6.54 Å². The molecule has 0 heterocycles. The van der Waals surface area contributed by atoms with Gasteiger partial charge < -0.3 is 10.5 Å². The molecule has 1 aromatic carbocycles. The Balaban J connectivity index is 2.37. The molecule has 0 aliphatic carbocycles. The van der Waals surface area contributed by atoms with Gasteiger partial charge in [-0.15, -0.1) is 0 Å². The standard InChI is InChI=1S/C12H17NO2/c1-10(14)15-12(9-13)8-7-11-5-3-2-4-6-11/h2-6,12H,7-9,13H2,1H3/t12-/m1/s1. The second-order valence-electron chi connectivity index (χ2n) is 3.49. The van der Waals surface area contributed by atoms with E-state index in [-0.39, 0.29) is 12.1 Å². The Bertz CT molecular complexity index is 298. The van der Waals surface area contributed by atoms with Gasteiger partial charge in [-0.05, 0) is 18.4 Å². The van der Waals surface area contributed by atoms with Gasteiger partial charge in [0.1, 0.15) is 6.10 Å². The van der Waals surface area contributed by atoms with Crippen LogP contribution in [0.2, 0.25) is 0 Å². The zero-order valence-electron chi connectivity index (χ0n) is 8.98. The second-order valence-corrected chi connectivity index (χ2v) is 3.49. The molecular formula is C12H17NO2. The van der Waals surface area contributed by atoms with Gasteiger partial charge in [-0.25, -0.2) is 0 Å². The van der Waals surface area contributed by atoms with Crippen molar-refractivity contribution in [1.29, 1.82) is 0 Å². The molecule has 1 atom stereocenters. The fourth-order valence-electron chi connectivity index (χ4n) is 1.43. The van der Waals surface area contributed by atoms with Crippen LogP contribution in [0.4, 0.5) is 0 Å². The van der Waals surface area contributed by atoms with Crippen molar-refractivity contribution in [1.82, 2.24) is 0 Å². The van der Waals surface area contributed by atoms with Crippen LogP contribution in [0.15, 0.2) is 30.3 Å². The average molecular weight is 207 g/mol. The minimum atomic E-state index is -0.265. The number of hydrogen-bond donors (Lipinski definition) is 1. The van der Waals surface area contributed by atoms with Crippen molar-refractivity contribution >= 4 is 5.97 Å². The van der Waals surface area contributed by atoms with Gasteiger partial charge >= 0.3 is 5.97 Å².